The Kier molecular flexibility index (Phi) is 6.48. The Morgan fingerprint density at radius 1 is 1.18 bits per heavy atom. The van der Waals surface area contributed by atoms with Gasteiger partial charge >= 0.3 is 0 Å². The van der Waals surface area contributed by atoms with Gasteiger partial charge in [-0.1, -0.05) is 28.1 Å². The molecule has 1 aliphatic heterocycles. The van der Waals surface area contributed by atoms with Gasteiger partial charge in [-0.15, -0.1) is 0 Å². The topological polar surface area (TPSA) is 99.1 Å². The van der Waals surface area contributed by atoms with E-state index in [0.29, 0.717) is 18.4 Å². The molecule has 1 heterocycles. The Bertz CT molecular complexity index is 969. The molecule has 3 rings (SSSR count). The van der Waals surface area contributed by atoms with E-state index in [1.54, 1.807) is 42.5 Å². The molecule has 7 nitrogen and oxygen atoms in total. The lowest BCUT2D eigenvalue weighted by atomic mass is 9.98. The number of phenolic OH excluding ortho intramolecular Hbond substituents is 1. The van der Waals surface area contributed by atoms with Crippen molar-refractivity contribution in [2.75, 3.05) is 13.1 Å². The molecule has 2 aromatic rings. The fourth-order valence-electron chi connectivity index (χ4n) is 2.98. The minimum absolute atomic E-state index is 0.120. The number of benzene rings is 2. The number of carbonyl (C=O) groups excluding carboxylic acids is 1. The highest BCUT2D eigenvalue weighted by Crippen LogP contribution is 2.25. The van der Waals surface area contributed by atoms with E-state index in [4.69, 9.17) is 0 Å². The first-order valence-electron chi connectivity index (χ1n) is 8.74. The third kappa shape index (κ3) is 4.98. The van der Waals surface area contributed by atoms with Crippen LogP contribution in [0.15, 0.2) is 63.0 Å². The zero-order valence-electron chi connectivity index (χ0n) is 15.0. The smallest absolute Gasteiger partial charge is 0.243 e. The summed E-state index contributed by atoms with van der Waals surface area (Å²) in [7, 11) is -3.56. The number of piperidine rings is 1. The normalized spacial score (nSPS) is 16.3. The number of hydrogen-bond acceptors (Lipinski definition) is 5. The maximum Gasteiger partial charge on any atom is 0.243 e. The highest BCUT2D eigenvalue weighted by atomic mass is 79.9. The molecule has 0 unspecified atom stereocenters. The second-order valence-electron chi connectivity index (χ2n) is 6.46. The number of rotatable bonds is 5. The first-order valence-corrected chi connectivity index (χ1v) is 11.0. The molecular weight excluding hydrogens is 446 g/mol. The molecule has 28 heavy (non-hydrogen) atoms. The van der Waals surface area contributed by atoms with Gasteiger partial charge in [0.1, 0.15) is 5.75 Å². The Hall–Kier alpha value is -2.23. The van der Waals surface area contributed by atoms with Gasteiger partial charge in [0.25, 0.3) is 0 Å². The zero-order chi connectivity index (χ0) is 20.1. The number of hydrogen-bond donors (Lipinski definition) is 2. The number of sulfonamides is 1. The van der Waals surface area contributed by atoms with E-state index >= 15 is 0 Å². The van der Waals surface area contributed by atoms with Crippen LogP contribution in [0.2, 0.25) is 0 Å². The van der Waals surface area contributed by atoms with Gasteiger partial charge in [0.2, 0.25) is 15.9 Å². The van der Waals surface area contributed by atoms with Crippen molar-refractivity contribution < 1.29 is 18.3 Å². The summed E-state index contributed by atoms with van der Waals surface area (Å²) in [6, 6.07) is 13.0. The number of halogens is 1. The van der Waals surface area contributed by atoms with Crippen molar-refractivity contribution in [3.63, 3.8) is 0 Å². The fourth-order valence-corrected chi connectivity index (χ4v) is 4.71. The van der Waals surface area contributed by atoms with Gasteiger partial charge in [0.15, 0.2) is 0 Å². The van der Waals surface area contributed by atoms with E-state index in [-0.39, 0.29) is 35.6 Å². The summed E-state index contributed by atoms with van der Waals surface area (Å²) in [5, 5.41) is 13.3. The number of carbonyl (C=O) groups is 1. The van der Waals surface area contributed by atoms with Crippen molar-refractivity contribution in [3.8, 4) is 5.75 Å². The molecule has 2 aromatic carbocycles. The highest BCUT2D eigenvalue weighted by molar-refractivity contribution is 9.10. The van der Waals surface area contributed by atoms with E-state index in [2.05, 4.69) is 26.5 Å². The molecule has 1 fully saturated rings. The van der Waals surface area contributed by atoms with Crippen LogP contribution >= 0.6 is 15.9 Å². The molecule has 0 spiro atoms. The van der Waals surface area contributed by atoms with E-state index in [1.807, 2.05) is 0 Å². The number of aromatic hydroxyl groups is 1. The van der Waals surface area contributed by atoms with Gasteiger partial charge in [-0.05, 0) is 54.8 Å². The van der Waals surface area contributed by atoms with E-state index in [1.165, 1.54) is 16.6 Å². The number of nitrogens with zero attached hydrogens (tertiary/aromatic N) is 2. The van der Waals surface area contributed by atoms with Gasteiger partial charge < -0.3 is 5.11 Å². The fraction of sp³-hybridized carbons (Fsp3) is 0.263. The second-order valence-corrected chi connectivity index (χ2v) is 9.32. The Balaban J connectivity index is 1.54. The van der Waals surface area contributed by atoms with Crippen LogP contribution in [0, 0.1) is 5.92 Å². The van der Waals surface area contributed by atoms with Crippen LogP contribution in [-0.2, 0) is 14.8 Å². The van der Waals surface area contributed by atoms with Crippen LogP contribution in [0.3, 0.4) is 0 Å². The maximum absolute atomic E-state index is 12.7. The average Bonchev–Trinajstić information content (AvgIpc) is 2.68. The van der Waals surface area contributed by atoms with Crippen LogP contribution in [0.1, 0.15) is 18.4 Å². The van der Waals surface area contributed by atoms with Crippen LogP contribution < -0.4 is 5.43 Å². The minimum atomic E-state index is -3.56. The molecule has 0 saturated carbocycles. The zero-order valence-corrected chi connectivity index (χ0v) is 17.4. The molecular formula is C19H20BrN3O4S. The first kappa shape index (κ1) is 20.5. The first-order chi connectivity index (χ1) is 13.4. The Morgan fingerprint density at radius 2 is 1.86 bits per heavy atom. The molecule has 1 saturated heterocycles. The van der Waals surface area contributed by atoms with Crippen molar-refractivity contribution in [2.45, 2.75) is 17.7 Å². The van der Waals surface area contributed by atoms with Crippen LogP contribution in [0.25, 0.3) is 0 Å². The van der Waals surface area contributed by atoms with E-state index in [0.717, 1.165) is 4.47 Å². The molecule has 1 aliphatic rings. The van der Waals surface area contributed by atoms with Crippen molar-refractivity contribution in [1.82, 2.24) is 9.73 Å². The highest BCUT2D eigenvalue weighted by Gasteiger charge is 2.32. The monoisotopic (exact) mass is 465 g/mol. The summed E-state index contributed by atoms with van der Waals surface area (Å²) in [5.41, 5.74) is 3.15. The molecule has 2 N–H and O–H groups in total. The van der Waals surface area contributed by atoms with Gasteiger partial charge in [-0.2, -0.15) is 9.41 Å². The predicted octanol–water partition coefficient (Wildman–Crippen LogP) is 2.71. The molecule has 9 heteroatoms. The van der Waals surface area contributed by atoms with E-state index in [9.17, 15) is 18.3 Å². The van der Waals surface area contributed by atoms with Gasteiger partial charge in [-0.3, -0.25) is 4.79 Å². The largest absolute Gasteiger partial charge is 0.508 e. The summed E-state index contributed by atoms with van der Waals surface area (Å²) in [6.07, 6.45) is 2.32. The van der Waals surface area contributed by atoms with Crippen LogP contribution in [0.5, 0.6) is 5.75 Å². The van der Waals surface area contributed by atoms with Crippen molar-refractivity contribution in [1.29, 1.82) is 0 Å². The summed E-state index contributed by atoms with van der Waals surface area (Å²) in [5.74, 6) is -0.413. The summed E-state index contributed by atoms with van der Waals surface area (Å²) >= 11 is 3.29. The number of hydrazone groups is 1. The number of amides is 1. The molecule has 0 aromatic heterocycles. The quantitative estimate of drug-likeness (QED) is 0.523. The van der Waals surface area contributed by atoms with E-state index < -0.39 is 10.0 Å². The molecule has 0 radical (unpaired) electrons. The minimum Gasteiger partial charge on any atom is -0.508 e. The number of nitrogens with one attached hydrogen (secondary N) is 1. The van der Waals surface area contributed by atoms with Gasteiger partial charge in [0.05, 0.1) is 11.1 Å². The van der Waals surface area contributed by atoms with Crippen molar-refractivity contribution in [3.05, 3.63) is 58.6 Å². The summed E-state index contributed by atoms with van der Waals surface area (Å²) in [6.45, 7) is 0.569. The van der Waals surface area contributed by atoms with Crippen LogP contribution in [0.4, 0.5) is 0 Å². The van der Waals surface area contributed by atoms with Crippen LogP contribution in [-0.4, -0.2) is 43.0 Å². The Morgan fingerprint density at radius 3 is 2.50 bits per heavy atom. The van der Waals surface area contributed by atoms with Gasteiger partial charge in [0, 0.05) is 23.5 Å². The third-order valence-corrected chi connectivity index (χ3v) is 6.98. The van der Waals surface area contributed by atoms with Crippen molar-refractivity contribution >= 4 is 38.1 Å². The van der Waals surface area contributed by atoms with Gasteiger partial charge in [-0.25, -0.2) is 13.8 Å². The molecule has 0 aliphatic carbocycles. The lowest BCUT2D eigenvalue weighted by molar-refractivity contribution is -0.126. The SMILES string of the molecule is O=C(N/N=C\c1cccc(O)c1)C1CCN(S(=O)(=O)c2ccc(Br)cc2)CC1. The molecule has 148 valence electrons. The molecule has 0 atom stereocenters. The number of phenols is 1. The third-order valence-electron chi connectivity index (χ3n) is 4.53. The maximum atomic E-state index is 12.7. The lowest BCUT2D eigenvalue weighted by Crippen LogP contribution is -2.42. The second kappa shape index (κ2) is 8.85. The standard InChI is InChI=1S/C19H20BrN3O4S/c20-16-4-6-18(7-5-16)28(26,27)23-10-8-15(9-11-23)19(25)22-21-13-14-2-1-3-17(24)12-14/h1-7,12-13,15,24H,8-11H2,(H,22,25)/b21-13-. The lowest BCUT2D eigenvalue weighted by Gasteiger charge is -2.30. The van der Waals surface area contributed by atoms with Crippen molar-refractivity contribution in [2.24, 2.45) is 11.0 Å². The summed E-state index contributed by atoms with van der Waals surface area (Å²) < 4.78 is 27.6. The predicted molar refractivity (Wildman–Crippen MR) is 109 cm³/mol. The average molecular weight is 466 g/mol. The molecule has 0 bridgehead atoms. The summed E-state index contributed by atoms with van der Waals surface area (Å²) in [4.78, 5) is 12.5. The molecule has 1 amide bonds. The Labute approximate surface area is 172 Å².